The molecule has 0 saturated carbocycles. The molecule has 19 nitrogen and oxygen atoms in total. The molecule has 0 bridgehead atoms. The van der Waals surface area contributed by atoms with Crippen LogP contribution in [0.5, 0.6) is 11.5 Å². The van der Waals surface area contributed by atoms with E-state index in [9.17, 15) is 19.2 Å². The van der Waals surface area contributed by atoms with Crippen LogP contribution in [0.4, 0.5) is 21.0 Å². The van der Waals surface area contributed by atoms with Crippen molar-refractivity contribution >= 4 is 65.9 Å². The number of amides is 2. The number of nitrogens with zero attached hydrogens (tertiary/aromatic N) is 7. The van der Waals surface area contributed by atoms with Crippen LogP contribution in [0.1, 0.15) is 107 Å². The summed E-state index contributed by atoms with van der Waals surface area (Å²) in [6.45, 7) is 35.8. The molecular formula is C64H100N8O11Si. The van der Waals surface area contributed by atoms with Crippen molar-refractivity contribution in [2.75, 3.05) is 117 Å². The average molecular weight is 1190 g/mol. The molecule has 20 heteroatoms. The van der Waals surface area contributed by atoms with E-state index < -0.39 is 19.5 Å². The van der Waals surface area contributed by atoms with Crippen LogP contribution in [0, 0.1) is 11.8 Å². The highest BCUT2D eigenvalue weighted by Crippen LogP contribution is 2.39. The fraction of sp³-hybridized carbons (Fsp3) is 0.625. The topological polar surface area (TPSA) is 187 Å². The first-order valence-corrected chi connectivity index (χ1v) is 32.8. The Labute approximate surface area is 502 Å². The Morgan fingerprint density at radius 2 is 1.14 bits per heavy atom. The summed E-state index contributed by atoms with van der Waals surface area (Å²) >= 11 is 0. The van der Waals surface area contributed by atoms with Crippen molar-refractivity contribution in [3.8, 4) is 11.5 Å². The number of esters is 1. The van der Waals surface area contributed by atoms with Gasteiger partial charge in [0.25, 0.3) is 14.3 Å². The summed E-state index contributed by atoms with van der Waals surface area (Å²) in [5.74, 6) is 2.39. The lowest BCUT2D eigenvalue weighted by atomic mass is 9.86. The highest BCUT2D eigenvalue weighted by Gasteiger charge is 2.40. The number of pyridine rings is 2. The number of fused-ring (bicyclic) bond motifs is 2. The largest absolute Gasteiger partial charge is 0.519 e. The minimum Gasteiger partial charge on any atom is -0.519 e. The van der Waals surface area contributed by atoms with Gasteiger partial charge in [-0.25, -0.2) is 9.59 Å². The maximum atomic E-state index is 12.6. The quantitative estimate of drug-likeness (QED) is 0.0463. The summed E-state index contributed by atoms with van der Waals surface area (Å²) in [5, 5.41) is 5.88. The number of anilines is 2. The molecule has 0 radical (unpaired) electrons. The normalized spacial score (nSPS) is 17.3. The SMILES string of the molecule is C=C(OC)O[Si](C)(C)C(C)(C)C.CC(C)(C)OC(=O)N1CCC(C=O)CC1.COC(=O)CC(C1CCN(C(=O)OC(C)(C)C)CC1)N1CCCN(c2c(OC)ccc3cccnc23)CC1.COc1ccc2cccnc2c1N1CCCNCC1. The number of ether oxygens (including phenoxy) is 6. The van der Waals surface area contributed by atoms with Gasteiger partial charge in [0.15, 0.2) is 0 Å². The van der Waals surface area contributed by atoms with Gasteiger partial charge < -0.3 is 62.6 Å². The zero-order valence-corrected chi connectivity index (χ0v) is 54.3. The number of piperidine rings is 2. The molecule has 1 atom stereocenters. The van der Waals surface area contributed by atoms with E-state index in [-0.39, 0.29) is 35.2 Å². The Balaban J connectivity index is 0.000000232. The molecule has 4 saturated heterocycles. The summed E-state index contributed by atoms with van der Waals surface area (Å²) in [4.78, 5) is 67.1. The van der Waals surface area contributed by atoms with E-state index in [4.69, 9.17) is 32.8 Å². The Morgan fingerprint density at radius 3 is 1.61 bits per heavy atom. The van der Waals surface area contributed by atoms with E-state index in [1.807, 2.05) is 84.3 Å². The Hall–Kier alpha value is -6.38. The number of rotatable bonds is 12. The van der Waals surface area contributed by atoms with Crippen LogP contribution in [-0.2, 0) is 33.0 Å². The average Bonchev–Trinajstić information content (AvgIpc) is 2.87. The van der Waals surface area contributed by atoms with Crippen LogP contribution in [0.15, 0.2) is 73.4 Å². The van der Waals surface area contributed by atoms with Crippen molar-refractivity contribution in [1.82, 2.24) is 30.0 Å². The Kier molecular flexibility index (Phi) is 25.8. The van der Waals surface area contributed by atoms with Crippen molar-refractivity contribution in [1.29, 1.82) is 0 Å². The fourth-order valence-corrected chi connectivity index (χ4v) is 11.3. The molecule has 1 unspecified atom stereocenters. The first-order valence-electron chi connectivity index (χ1n) is 29.9. The predicted octanol–water partition coefficient (Wildman–Crippen LogP) is 11.3. The molecule has 4 fully saturated rings. The van der Waals surface area contributed by atoms with Gasteiger partial charge in [0.1, 0.15) is 40.4 Å². The standard InChI is InChI=1S/C29H42N4O5.C15H19N3O.C11H19NO3.C9H20O2Si/c1-29(2,3)38-28(35)33-16-11-21(12-17-33)23(20-25(34)37-5)31-14-7-15-32(19-18-31)27-24(36-4)10-9-22-8-6-13-30-26(22)27;1-19-13-6-5-12-4-2-8-17-14(12)15(13)18-10-3-7-16-9-11-18;1-11(2,3)15-10(14)12-6-4-9(8-13)5-7-12;1-8(10-5)11-12(6,7)9(2,3)4/h6,8-10,13,21,23H,7,11-12,14-20H2,1-5H3;2,4-6,8,16H,3,7,9-11H2,1H3;8-9H,4-7H2,1-3H3;1H2,2-7H3. The molecule has 0 aliphatic carbocycles. The molecule has 4 aliphatic heterocycles. The number of carbonyl (C=O) groups is 4. The molecule has 0 spiro atoms. The summed E-state index contributed by atoms with van der Waals surface area (Å²) < 4.78 is 37.8. The van der Waals surface area contributed by atoms with Crippen LogP contribution in [-0.4, -0.2) is 182 Å². The van der Waals surface area contributed by atoms with Gasteiger partial charge in [-0.1, -0.05) is 32.9 Å². The smallest absolute Gasteiger partial charge is 0.410 e. The molecule has 1 N–H and O–H groups in total. The lowest BCUT2D eigenvalue weighted by Gasteiger charge is -2.40. The van der Waals surface area contributed by atoms with Gasteiger partial charge in [0.2, 0.25) is 0 Å². The molecule has 4 aliphatic rings. The number of hydrogen-bond acceptors (Lipinski definition) is 17. The van der Waals surface area contributed by atoms with Gasteiger partial charge in [0, 0.05) is 107 Å². The lowest BCUT2D eigenvalue weighted by molar-refractivity contribution is -0.142. The Morgan fingerprint density at radius 1 is 0.643 bits per heavy atom. The van der Waals surface area contributed by atoms with Crippen LogP contribution in [0.2, 0.25) is 18.1 Å². The molecule has 466 valence electrons. The van der Waals surface area contributed by atoms with E-state index in [2.05, 4.69) is 88.6 Å². The van der Waals surface area contributed by atoms with Crippen LogP contribution in [0.25, 0.3) is 21.8 Å². The zero-order valence-electron chi connectivity index (χ0n) is 53.3. The monoisotopic (exact) mass is 1180 g/mol. The first kappa shape index (κ1) is 68.4. The third-order valence-electron chi connectivity index (χ3n) is 16.0. The van der Waals surface area contributed by atoms with Crippen molar-refractivity contribution in [2.24, 2.45) is 11.8 Å². The van der Waals surface area contributed by atoms with Crippen LogP contribution < -0.4 is 24.6 Å². The van der Waals surface area contributed by atoms with Crippen molar-refractivity contribution in [3.05, 3.63) is 73.4 Å². The van der Waals surface area contributed by atoms with Crippen LogP contribution >= 0.6 is 0 Å². The molecule has 2 aromatic carbocycles. The second-order valence-electron chi connectivity index (χ2n) is 25.4. The minimum atomic E-state index is -1.71. The second kappa shape index (κ2) is 31.7. The maximum absolute atomic E-state index is 12.6. The molecule has 84 heavy (non-hydrogen) atoms. The highest BCUT2D eigenvalue weighted by molar-refractivity contribution is 6.74. The number of methoxy groups -OCH3 is 4. The summed E-state index contributed by atoms with van der Waals surface area (Å²) in [6.07, 6.45) is 9.75. The lowest BCUT2D eigenvalue weighted by Crippen LogP contribution is -2.49. The third kappa shape index (κ3) is 20.4. The van der Waals surface area contributed by atoms with Gasteiger partial charge in [-0.15, -0.1) is 0 Å². The van der Waals surface area contributed by atoms with Crippen molar-refractivity contribution in [3.63, 3.8) is 0 Å². The van der Waals surface area contributed by atoms with Crippen molar-refractivity contribution < 1.29 is 52.0 Å². The highest BCUT2D eigenvalue weighted by atomic mass is 28.4. The van der Waals surface area contributed by atoms with Gasteiger partial charge in [-0.05, 0) is 154 Å². The van der Waals surface area contributed by atoms with E-state index in [0.717, 1.165) is 142 Å². The molecule has 2 aromatic heterocycles. The summed E-state index contributed by atoms with van der Waals surface area (Å²) in [5.41, 5.74) is 3.18. The molecule has 4 aromatic rings. The van der Waals surface area contributed by atoms with E-state index >= 15 is 0 Å². The number of carbonyl (C=O) groups excluding carboxylic acids is 4. The molecule has 2 amide bonds. The van der Waals surface area contributed by atoms with Crippen LogP contribution in [0.3, 0.4) is 0 Å². The predicted molar refractivity (Wildman–Crippen MR) is 337 cm³/mol. The van der Waals surface area contributed by atoms with Crippen molar-refractivity contribution in [2.45, 2.75) is 143 Å². The fourth-order valence-electron chi connectivity index (χ4n) is 10.4. The molecule has 6 heterocycles. The number of benzene rings is 2. The summed E-state index contributed by atoms with van der Waals surface area (Å²) in [6, 6.07) is 16.3. The number of nitrogens with one attached hydrogen (secondary N) is 1. The number of likely N-dealkylation sites (tertiary alicyclic amines) is 2. The van der Waals surface area contributed by atoms with Gasteiger partial charge in [-0.3, -0.25) is 19.7 Å². The number of aromatic nitrogens is 2. The van der Waals surface area contributed by atoms with Gasteiger partial charge >= 0.3 is 18.2 Å². The minimum absolute atomic E-state index is 0.0655. The van der Waals surface area contributed by atoms with E-state index in [1.54, 1.807) is 31.1 Å². The Bertz CT molecular complexity index is 2740. The van der Waals surface area contributed by atoms with E-state index in [1.165, 1.54) is 7.11 Å². The van der Waals surface area contributed by atoms with Gasteiger partial charge in [0.05, 0.1) is 45.9 Å². The second-order valence-corrected chi connectivity index (χ2v) is 30.1. The summed E-state index contributed by atoms with van der Waals surface area (Å²) in [7, 11) is 4.75. The molecule has 8 rings (SSSR count). The van der Waals surface area contributed by atoms with E-state index in [0.29, 0.717) is 44.5 Å². The zero-order chi connectivity index (χ0) is 61.8. The third-order valence-corrected chi connectivity index (χ3v) is 20.3. The van der Waals surface area contributed by atoms with Gasteiger partial charge in [-0.2, -0.15) is 0 Å². The number of aldehydes is 1. The molecular weight excluding hydrogens is 1080 g/mol. The number of hydrogen-bond donors (Lipinski definition) is 1. The first-order chi connectivity index (χ1) is 39.7. The maximum Gasteiger partial charge on any atom is 0.410 e.